The molecule has 1 amide bonds. The Balaban J connectivity index is 3.62. The smallest absolute Gasteiger partial charge is 0.303 e. The van der Waals surface area contributed by atoms with Gasteiger partial charge in [0.25, 0.3) is 0 Å². The van der Waals surface area contributed by atoms with Crippen LogP contribution in [-0.4, -0.2) is 29.6 Å². The monoisotopic (exact) mass is 230 g/mol. The molecule has 4 N–H and O–H groups in total. The van der Waals surface area contributed by atoms with E-state index in [-0.39, 0.29) is 24.3 Å². The molecule has 2 atom stereocenters. The van der Waals surface area contributed by atoms with E-state index in [0.29, 0.717) is 19.4 Å². The number of hydrogen-bond acceptors (Lipinski definition) is 3. The molecule has 0 aliphatic heterocycles. The fourth-order valence-corrected chi connectivity index (χ4v) is 1.21. The lowest BCUT2D eigenvalue weighted by Gasteiger charge is -2.13. The summed E-state index contributed by atoms with van der Waals surface area (Å²) in [4.78, 5) is 21.7. The number of carbonyl (C=O) groups is 2. The number of carboxylic acids is 1. The molecule has 0 aromatic heterocycles. The molecule has 0 saturated carbocycles. The van der Waals surface area contributed by atoms with Gasteiger partial charge in [-0.15, -0.1) is 0 Å². The quantitative estimate of drug-likeness (QED) is 0.573. The molecule has 0 saturated heterocycles. The minimum Gasteiger partial charge on any atom is -0.481 e. The summed E-state index contributed by atoms with van der Waals surface area (Å²) >= 11 is 0. The van der Waals surface area contributed by atoms with Crippen molar-refractivity contribution in [1.29, 1.82) is 0 Å². The van der Waals surface area contributed by atoms with Gasteiger partial charge in [0.15, 0.2) is 0 Å². The molecule has 5 nitrogen and oxygen atoms in total. The van der Waals surface area contributed by atoms with Gasteiger partial charge < -0.3 is 16.2 Å². The van der Waals surface area contributed by atoms with Gasteiger partial charge in [-0.3, -0.25) is 9.59 Å². The first-order chi connectivity index (χ1) is 7.45. The highest BCUT2D eigenvalue weighted by molar-refractivity contribution is 5.76. The second kappa shape index (κ2) is 8.10. The number of hydrogen-bond donors (Lipinski definition) is 3. The number of amides is 1. The maximum Gasteiger partial charge on any atom is 0.303 e. The first kappa shape index (κ1) is 14.9. The second-order valence-electron chi connectivity index (χ2n) is 4.21. The minimum absolute atomic E-state index is 0.0588. The maximum atomic E-state index is 11.3. The highest BCUT2D eigenvalue weighted by Crippen LogP contribution is 2.04. The summed E-state index contributed by atoms with van der Waals surface area (Å²) < 4.78 is 0. The van der Waals surface area contributed by atoms with E-state index in [9.17, 15) is 9.59 Å². The van der Waals surface area contributed by atoms with Crippen LogP contribution in [0.4, 0.5) is 0 Å². The molecule has 0 aliphatic rings. The lowest BCUT2D eigenvalue weighted by Crippen LogP contribution is -2.33. The van der Waals surface area contributed by atoms with Crippen LogP contribution in [0.1, 0.15) is 39.5 Å². The van der Waals surface area contributed by atoms with Crippen LogP contribution in [0.5, 0.6) is 0 Å². The van der Waals surface area contributed by atoms with Crippen LogP contribution in [0.3, 0.4) is 0 Å². The highest BCUT2D eigenvalue weighted by atomic mass is 16.4. The van der Waals surface area contributed by atoms with E-state index >= 15 is 0 Å². The van der Waals surface area contributed by atoms with Gasteiger partial charge in [-0.25, -0.2) is 0 Å². The molecule has 0 aromatic rings. The van der Waals surface area contributed by atoms with E-state index in [2.05, 4.69) is 5.32 Å². The van der Waals surface area contributed by atoms with Crippen LogP contribution in [0.25, 0.3) is 0 Å². The van der Waals surface area contributed by atoms with Crippen molar-refractivity contribution in [3.63, 3.8) is 0 Å². The predicted octanol–water partition coefficient (Wildman–Crippen LogP) is 0.731. The lowest BCUT2D eigenvalue weighted by atomic mass is 10.1. The molecule has 0 bridgehead atoms. The molecule has 16 heavy (non-hydrogen) atoms. The number of nitrogens with two attached hydrogens (primary N) is 1. The zero-order valence-electron chi connectivity index (χ0n) is 10.0. The summed E-state index contributed by atoms with van der Waals surface area (Å²) in [5, 5.41) is 11.2. The lowest BCUT2D eigenvalue weighted by molar-refractivity contribution is -0.137. The Bertz CT molecular complexity index is 231. The van der Waals surface area contributed by atoms with Crippen LogP contribution in [-0.2, 0) is 9.59 Å². The Kier molecular flexibility index (Phi) is 7.54. The van der Waals surface area contributed by atoms with Crippen LogP contribution >= 0.6 is 0 Å². The Morgan fingerprint density at radius 3 is 2.56 bits per heavy atom. The second-order valence-corrected chi connectivity index (χ2v) is 4.21. The molecule has 0 fully saturated rings. The molecular formula is C11H22N2O3. The molecule has 0 radical (unpaired) electrons. The summed E-state index contributed by atoms with van der Waals surface area (Å²) in [6.07, 6.45) is 1.84. The van der Waals surface area contributed by atoms with Crippen molar-refractivity contribution in [1.82, 2.24) is 5.32 Å². The molecule has 0 aliphatic carbocycles. The summed E-state index contributed by atoms with van der Waals surface area (Å²) in [6.45, 7) is 4.37. The van der Waals surface area contributed by atoms with Crippen LogP contribution in [0.2, 0.25) is 0 Å². The van der Waals surface area contributed by atoms with Gasteiger partial charge in [0.2, 0.25) is 5.91 Å². The fraction of sp³-hybridized carbons (Fsp3) is 0.818. The van der Waals surface area contributed by atoms with Gasteiger partial charge in [0, 0.05) is 25.4 Å². The first-order valence-corrected chi connectivity index (χ1v) is 5.69. The van der Waals surface area contributed by atoms with Gasteiger partial charge in [0.05, 0.1) is 0 Å². The topological polar surface area (TPSA) is 92.4 Å². The maximum absolute atomic E-state index is 11.3. The van der Waals surface area contributed by atoms with Crippen LogP contribution in [0, 0.1) is 5.92 Å². The first-order valence-electron chi connectivity index (χ1n) is 5.69. The molecule has 0 rings (SSSR count). The zero-order chi connectivity index (χ0) is 12.6. The molecule has 0 heterocycles. The predicted molar refractivity (Wildman–Crippen MR) is 61.9 cm³/mol. The minimum atomic E-state index is -0.800. The van der Waals surface area contributed by atoms with Crippen molar-refractivity contribution in [3.05, 3.63) is 0 Å². The third-order valence-electron chi connectivity index (χ3n) is 2.47. The summed E-state index contributed by atoms with van der Waals surface area (Å²) in [6, 6.07) is -0.0886. The Morgan fingerprint density at radius 1 is 1.44 bits per heavy atom. The van der Waals surface area contributed by atoms with Crippen molar-refractivity contribution in [2.24, 2.45) is 11.7 Å². The molecule has 5 heteroatoms. The van der Waals surface area contributed by atoms with E-state index < -0.39 is 5.97 Å². The summed E-state index contributed by atoms with van der Waals surface area (Å²) in [5.41, 5.74) is 5.64. The number of carbonyl (C=O) groups excluding carboxylic acids is 1. The number of rotatable bonds is 8. The third-order valence-corrected chi connectivity index (χ3v) is 2.47. The van der Waals surface area contributed by atoms with Gasteiger partial charge in [0.1, 0.15) is 0 Å². The normalized spacial score (nSPS) is 14.2. The molecule has 2 unspecified atom stereocenters. The van der Waals surface area contributed by atoms with E-state index in [0.717, 1.165) is 6.42 Å². The van der Waals surface area contributed by atoms with E-state index in [1.807, 2.05) is 13.8 Å². The molecule has 94 valence electrons. The Morgan fingerprint density at radius 2 is 2.06 bits per heavy atom. The van der Waals surface area contributed by atoms with Crippen molar-refractivity contribution in [2.45, 2.75) is 45.6 Å². The van der Waals surface area contributed by atoms with Crippen molar-refractivity contribution in [3.8, 4) is 0 Å². The van der Waals surface area contributed by atoms with Crippen LogP contribution < -0.4 is 11.1 Å². The summed E-state index contributed by atoms with van der Waals surface area (Å²) in [5.74, 6) is -0.680. The van der Waals surface area contributed by atoms with Crippen molar-refractivity contribution < 1.29 is 14.7 Å². The highest BCUT2D eigenvalue weighted by Gasteiger charge is 2.10. The number of aliphatic carboxylic acids is 1. The Hall–Kier alpha value is -1.10. The molecular weight excluding hydrogens is 208 g/mol. The SMILES string of the molecule is CCC(N)CC(=O)NCC(C)CCC(=O)O. The van der Waals surface area contributed by atoms with E-state index in [1.165, 1.54) is 0 Å². The Labute approximate surface area is 96.4 Å². The average molecular weight is 230 g/mol. The van der Waals surface area contributed by atoms with E-state index in [4.69, 9.17) is 10.8 Å². The molecule has 0 spiro atoms. The van der Waals surface area contributed by atoms with Crippen molar-refractivity contribution in [2.75, 3.05) is 6.54 Å². The van der Waals surface area contributed by atoms with Crippen molar-refractivity contribution >= 4 is 11.9 Å². The van der Waals surface area contributed by atoms with Crippen LogP contribution in [0.15, 0.2) is 0 Å². The summed E-state index contributed by atoms with van der Waals surface area (Å²) in [7, 11) is 0. The average Bonchev–Trinajstić information content (AvgIpc) is 2.23. The largest absolute Gasteiger partial charge is 0.481 e. The third kappa shape index (κ3) is 8.23. The fourth-order valence-electron chi connectivity index (χ4n) is 1.21. The number of carboxylic acid groups (broad SMARTS) is 1. The zero-order valence-corrected chi connectivity index (χ0v) is 10.0. The van der Waals surface area contributed by atoms with Gasteiger partial charge in [-0.05, 0) is 18.8 Å². The molecule has 0 aromatic carbocycles. The van der Waals surface area contributed by atoms with Gasteiger partial charge in [-0.1, -0.05) is 13.8 Å². The number of nitrogens with one attached hydrogen (secondary N) is 1. The van der Waals surface area contributed by atoms with Gasteiger partial charge in [-0.2, -0.15) is 0 Å². The van der Waals surface area contributed by atoms with Gasteiger partial charge >= 0.3 is 5.97 Å². The standard InChI is InChI=1S/C11H22N2O3/c1-3-9(12)6-10(14)13-7-8(2)4-5-11(15)16/h8-9H,3-7,12H2,1-2H3,(H,13,14)(H,15,16). The van der Waals surface area contributed by atoms with E-state index in [1.54, 1.807) is 0 Å².